The van der Waals surface area contributed by atoms with Gasteiger partial charge in [-0.15, -0.1) is 0 Å². The average molecular weight is 371 g/mol. The summed E-state index contributed by atoms with van der Waals surface area (Å²) in [5.41, 5.74) is 2.50. The molecule has 0 spiro atoms. The van der Waals surface area contributed by atoms with Crippen LogP contribution in [0.1, 0.15) is 31.0 Å². The number of hydrogen-bond acceptors (Lipinski definition) is 3. The van der Waals surface area contributed by atoms with Gasteiger partial charge in [0.2, 0.25) is 0 Å². The van der Waals surface area contributed by atoms with Crippen LogP contribution in [-0.4, -0.2) is 40.5 Å². The number of rotatable bonds is 9. The van der Waals surface area contributed by atoms with Gasteiger partial charge < -0.3 is 14.8 Å². The van der Waals surface area contributed by atoms with Crippen molar-refractivity contribution in [1.82, 2.24) is 14.8 Å². The molecule has 2 rings (SSSR count). The molecule has 0 radical (unpaired) electrons. The maximum atomic E-state index is 10.7. The van der Waals surface area contributed by atoms with Gasteiger partial charge in [0.25, 0.3) is 5.69 Å². The summed E-state index contributed by atoms with van der Waals surface area (Å²) < 4.78 is 2.12. The summed E-state index contributed by atoms with van der Waals surface area (Å²) in [7, 11) is 4.09. The second kappa shape index (κ2) is 10.4. The first-order valence-corrected chi connectivity index (χ1v) is 9.34. The number of nitrogens with zero attached hydrogens (tertiary/aromatic N) is 4. The molecule has 0 bridgehead atoms. The quantitative estimate of drug-likeness (QED) is 0.241. The number of nitro benzene ring substituents is 1. The fraction of sp³-hybridized carbons (Fsp3) is 0.450. The molecule has 2 aromatic rings. The van der Waals surface area contributed by atoms with Crippen molar-refractivity contribution in [3.8, 4) is 0 Å². The number of benzene rings is 1. The lowest BCUT2D eigenvalue weighted by Crippen LogP contribution is -2.38. The summed E-state index contributed by atoms with van der Waals surface area (Å²) in [6, 6.07) is 11.0. The molecule has 1 aromatic heterocycles. The fourth-order valence-corrected chi connectivity index (χ4v) is 2.86. The summed E-state index contributed by atoms with van der Waals surface area (Å²) in [4.78, 5) is 17.2. The van der Waals surface area contributed by atoms with Crippen molar-refractivity contribution in [2.45, 2.75) is 32.7 Å². The van der Waals surface area contributed by atoms with E-state index in [1.54, 1.807) is 12.1 Å². The Balaban J connectivity index is 1.80. The predicted octanol–water partition coefficient (Wildman–Crippen LogP) is 3.35. The highest BCUT2D eigenvalue weighted by Gasteiger charge is 2.08. The number of non-ortho nitro benzene ring substituents is 1. The molecule has 27 heavy (non-hydrogen) atoms. The normalized spacial score (nSPS) is 11.4. The van der Waals surface area contributed by atoms with E-state index >= 15 is 0 Å². The lowest BCUT2D eigenvalue weighted by molar-refractivity contribution is -0.384. The molecular weight excluding hydrogens is 342 g/mol. The van der Waals surface area contributed by atoms with Crippen LogP contribution < -0.4 is 5.32 Å². The van der Waals surface area contributed by atoms with E-state index in [9.17, 15) is 10.1 Å². The van der Waals surface area contributed by atoms with E-state index in [4.69, 9.17) is 4.99 Å². The van der Waals surface area contributed by atoms with E-state index in [-0.39, 0.29) is 10.6 Å². The molecule has 0 aliphatic heterocycles. The third kappa shape index (κ3) is 6.44. The Labute approximate surface area is 160 Å². The second-order valence-corrected chi connectivity index (χ2v) is 6.58. The van der Waals surface area contributed by atoms with Crippen molar-refractivity contribution in [3.63, 3.8) is 0 Å². The molecule has 0 atom stereocenters. The van der Waals surface area contributed by atoms with E-state index in [2.05, 4.69) is 27.8 Å². The van der Waals surface area contributed by atoms with E-state index in [0.717, 1.165) is 50.4 Å². The summed E-state index contributed by atoms with van der Waals surface area (Å²) in [6.45, 7) is 4.46. The number of aliphatic imine (C=N–C) groups is 1. The van der Waals surface area contributed by atoms with Crippen molar-refractivity contribution >= 4 is 11.6 Å². The maximum Gasteiger partial charge on any atom is 0.269 e. The van der Waals surface area contributed by atoms with Crippen LogP contribution in [0.2, 0.25) is 0 Å². The summed E-state index contributed by atoms with van der Waals surface area (Å²) in [6.07, 6.45) is 4.93. The molecule has 0 unspecified atom stereocenters. The zero-order chi connectivity index (χ0) is 19.6. The molecule has 146 valence electrons. The Bertz CT molecular complexity index is 752. The van der Waals surface area contributed by atoms with Gasteiger partial charge in [-0.1, -0.05) is 12.1 Å². The van der Waals surface area contributed by atoms with E-state index < -0.39 is 0 Å². The largest absolute Gasteiger partial charge is 0.357 e. The van der Waals surface area contributed by atoms with Gasteiger partial charge in [0.1, 0.15) is 0 Å². The lowest BCUT2D eigenvalue weighted by Gasteiger charge is -2.22. The Morgan fingerprint density at radius 3 is 2.59 bits per heavy atom. The summed E-state index contributed by atoms with van der Waals surface area (Å²) in [5.74, 6) is 0.911. The maximum absolute atomic E-state index is 10.7. The van der Waals surface area contributed by atoms with Crippen molar-refractivity contribution in [1.29, 1.82) is 0 Å². The molecule has 1 aromatic carbocycles. The molecule has 7 heteroatoms. The molecule has 0 aliphatic carbocycles. The van der Waals surface area contributed by atoms with Crippen LogP contribution in [0.15, 0.2) is 47.6 Å². The molecule has 1 heterocycles. The van der Waals surface area contributed by atoms with Gasteiger partial charge in [0.15, 0.2) is 5.96 Å². The molecule has 0 saturated heterocycles. The van der Waals surface area contributed by atoms with Gasteiger partial charge in [-0.3, -0.25) is 15.1 Å². The minimum Gasteiger partial charge on any atom is -0.357 e. The van der Waals surface area contributed by atoms with Gasteiger partial charge in [-0.25, -0.2) is 0 Å². The van der Waals surface area contributed by atoms with Crippen molar-refractivity contribution in [3.05, 3.63) is 64.0 Å². The molecule has 0 amide bonds. The molecule has 0 aliphatic rings. The number of nitrogens with one attached hydrogen (secondary N) is 1. The van der Waals surface area contributed by atoms with Gasteiger partial charge in [0, 0.05) is 51.2 Å². The molecule has 1 N–H and O–H groups in total. The average Bonchev–Trinajstić information content (AvgIpc) is 3.05. The lowest BCUT2D eigenvalue weighted by atomic mass is 10.1. The number of guanidine groups is 1. The molecule has 0 saturated carbocycles. The van der Waals surface area contributed by atoms with Crippen molar-refractivity contribution in [2.24, 2.45) is 12.0 Å². The van der Waals surface area contributed by atoms with Crippen LogP contribution in [0.3, 0.4) is 0 Å². The third-order valence-corrected chi connectivity index (χ3v) is 4.43. The Morgan fingerprint density at radius 2 is 2.00 bits per heavy atom. The van der Waals surface area contributed by atoms with Crippen LogP contribution in [0, 0.1) is 10.1 Å². The first-order valence-electron chi connectivity index (χ1n) is 9.34. The second-order valence-electron chi connectivity index (χ2n) is 6.58. The molecular formula is C20H29N5O2. The highest BCUT2D eigenvalue weighted by atomic mass is 16.6. The van der Waals surface area contributed by atoms with E-state index in [0.29, 0.717) is 0 Å². The van der Waals surface area contributed by atoms with Crippen LogP contribution in [0.25, 0.3) is 0 Å². The first-order chi connectivity index (χ1) is 13.0. The third-order valence-electron chi connectivity index (χ3n) is 4.43. The minimum atomic E-state index is -0.368. The standard InChI is InChI=1S/C20H29N5O2/c1-4-21-20(24(3)16-19-9-7-15-23(19)2)22-14-6-5-8-17-10-12-18(13-11-17)25(26)27/h7,9-13,15H,4-6,8,14,16H2,1-3H3,(H,21,22). The zero-order valence-corrected chi connectivity index (χ0v) is 16.4. The number of hydrogen-bond donors (Lipinski definition) is 1. The van der Waals surface area contributed by atoms with Gasteiger partial charge in [-0.05, 0) is 43.9 Å². The smallest absolute Gasteiger partial charge is 0.269 e. The van der Waals surface area contributed by atoms with Crippen LogP contribution in [0.4, 0.5) is 5.69 Å². The van der Waals surface area contributed by atoms with Crippen LogP contribution in [-0.2, 0) is 20.0 Å². The van der Waals surface area contributed by atoms with Crippen molar-refractivity contribution in [2.75, 3.05) is 20.1 Å². The Hall–Kier alpha value is -2.83. The Kier molecular flexibility index (Phi) is 7.85. The van der Waals surface area contributed by atoms with E-state index in [1.807, 2.05) is 38.5 Å². The highest BCUT2D eigenvalue weighted by molar-refractivity contribution is 5.79. The first kappa shape index (κ1) is 20.5. The number of unbranched alkanes of at least 4 members (excludes halogenated alkanes) is 1. The monoisotopic (exact) mass is 371 g/mol. The van der Waals surface area contributed by atoms with Gasteiger partial charge in [0.05, 0.1) is 11.5 Å². The zero-order valence-electron chi connectivity index (χ0n) is 16.4. The van der Waals surface area contributed by atoms with Crippen molar-refractivity contribution < 1.29 is 4.92 Å². The fourth-order valence-electron chi connectivity index (χ4n) is 2.86. The van der Waals surface area contributed by atoms with Crippen LogP contribution in [0.5, 0.6) is 0 Å². The number of aryl methyl sites for hydroxylation is 2. The van der Waals surface area contributed by atoms with Gasteiger partial charge in [-0.2, -0.15) is 0 Å². The van der Waals surface area contributed by atoms with Crippen LogP contribution >= 0.6 is 0 Å². The topological polar surface area (TPSA) is 75.7 Å². The number of nitro groups is 1. The minimum absolute atomic E-state index is 0.139. The highest BCUT2D eigenvalue weighted by Crippen LogP contribution is 2.13. The van der Waals surface area contributed by atoms with E-state index in [1.165, 1.54) is 5.69 Å². The Morgan fingerprint density at radius 1 is 1.26 bits per heavy atom. The summed E-state index contributed by atoms with van der Waals surface area (Å²) in [5, 5.41) is 14.0. The summed E-state index contributed by atoms with van der Waals surface area (Å²) >= 11 is 0. The molecule has 7 nitrogen and oxygen atoms in total. The van der Waals surface area contributed by atoms with Gasteiger partial charge >= 0.3 is 0 Å². The predicted molar refractivity (Wildman–Crippen MR) is 109 cm³/mol. The molecule has 0 fully saturated rings. The SMILES string of the molecule is CCNC(=NCCCCc1ccc([N+](=O)[O-])cc1)N(C)Cc1cccn1C. The number of aromatic nitrogens is 1.